The van der Waals surface area contributed by atoms with Crippen LogP contribution in [0, 0.1) is 12.8 Å². The third-order valence-corrected chi connectivity index (χ3v) is 5.55. The van der Waals surface area contributed by atoms with Crippen molar-refractivity contribution in [2.45, 2.75) is 32.6 Å². The van der Waals surface area contributed by atoms with Gasteiger partial charge in [-0.15, -0.1) is 0 Å². The van der Waals surface area contributed by atoms with Crippen molar-refractivity contribution in [3.05, 3.63) is 58.6 Å². The maximum Gasteiger partial charge on any atom is 0.190 e. The molecular formula is C21H24ClNO3. The van der Waals surface area contributed by atoms with E-state index in [4.69, 9.17) is 25.8 Å². The standard InChI is InChI=1S/C21H24ClNO3/c1-15-10-18(24-13-17-4-2-3-5-20(17)22)12-19(11-15)25-14-26-21-16-6-8-23(21)9-7-16/h2-5,10-12,16,21H,6-9,13-14H2,1H3. The topological polar surface area (TPSA) is 30.9 Å². The molecule has 2 aromatic carbocycles. The molecule has 2 heterocycles. The zero-order valence-electron chi connectivity index (χ0n) is 15.0. The second kappa shape index (κ2) is 7.87. The van der Waals surface area contributed by atoms with Gasteiger partial charge in [0, 0.05) is 35.7 Å². The Bertz CT molecular complexity index is 747. The molecule has 2 aliphatic heterocycles. The molecule has 138 valence electrons. The van der Waals surface area contributed by atoms with Crippen LogP contribution in [-0.4, -0.2) is 31.0 Å². The van der Waals surface area contributed by atoms with Crippen LogP contribution in [0.4, 0.5) is 0 Å². The summed E-state index contributed by atoms with van der Waals surface area (Å²) in [6, 6.07) is 13.6. The molecule has 2 aliphatic rings. The van der Waals surface area contributed by atoms with Crippen LogP contribution >= 0.6 is 11.6 Å². The molecule has 0 radical (unpaired) electrons. The molecule has 0 aliphatic carbocycles. The Hall–Kier alpha value is -1.75. The van der Waals surface area contributed by atoms with Crippen LogP contribution in [0.5, 0.6) is 11.5 Å². The van der Waals surface area contributed by atoms with Crippen LogP contribution in [0.15, 0.2) is 42.5 Å². The summed E-state index contributed by atoms with van der Waals surface area (Å²) in [6.07, 6.45) is 2.72. The van der Waals surface area contributed by atoms with Gasteiger partial charge in [0.1, 0.15) is 24.3 Å². The number of fused-ring (bicyclic) bond motifs is 2. The summed E-state index contributed by atoms with van der Waals surface area (Å²) in [7, 11) is 0. The van der Waals surface area contributed by atoms with Crippen molar-refractivity contribution in [2.75, 3.05) is 19.9 Å². The molecule has 1 atom stereocenters. The highest BCUT2D eigenvalue weighted by molar-refractivity contribution is 6.31. The first kappa shape index (κ1) is 17.7. The Kier molecular flexibility index (Phi) is 5.34. The van der Waals surface area contributed by atoms with Gasteiger partial charge in [0.25, 0.3) is 0 Å². The van der Waals surface area contributed by atoms with E-state index in [-0.39, 0.29) is 13.0 Å². The Balaban J connectivity index is 1.33. The molecule has 2 aromatic rings. The maximum atomic E-state index is 6.19. The number of hydrogen-bond donors (Lipinski definition) is 0. The third kappa shape index (κ3) is 3.98. The molecule has 0 N–H and O–H groups in total. The van der Waals surface area contributed by atoms with Gasteiger partial charge in [-0.1, -0.05) is 29.8 Å². The minimum atomic E-state index is 0.232. The molecule has 26 heavy (non-hydrogen) atoms. The second-order valence-electron chi connectivity index (χ2n) is 7.05. The molecule has 1 unspecified atom stereocenters. The highest BCUT2D eigenvalue weighted by Gasteiger charge is 2.40. The van der Waals surface area contributed by atoms with Crippen LogP contribution in [0.1, 0.15) is 24.0 Å². The number of piperidine rings is 1. The van der Waals surface area contributed by atoms with E-state index in [9.17, 15) is 0 Å². The van der Waals surface area contributed by atoms with E-state index in [1.807, 2.05) is 49.4 Å². The normalized spacial score (nSPS) is 24.0. The van der Waals surface area contributed by atoms with Crippen molar-refractivity contribution in [3.8, 4) is 11.5 Å². The molecule has 4 rings (SSSR count). The van der Waals surface area contributed by atoms with Gasteiger partial charge < -0.3 is 14.2 Å². The summed E-state index contributed by atoms with van der Waals surface area (Å²) < 4.78 is 17.7. The number of ether oxygens (including phenoxy) is 3. The highest BCUT2D eigenvalue weighted by Crippen LogP contribution is 2.35. The molecule has 2 fully saturated rings. The first-order chi connectivity index (χ1) is 12.7. The Morgan fingerprint density at radius 1 is 1.04 bits per heavy atom. The van der Waals surface area contributed by atoms with Gasteiger partial charge in [0.05, 0.1) is 0 Å². The Morgan fingerprint density at radius 2 is 1.77 bits per heavy atom. The van der Waals surface area contributed by atoms with Gasteiger partial charge in [0.15, 0.2) is 6.79 Å². The average molecular weight is 374 g/mol. The number of benzene rings is 2. The minimum absolute atomic E-state index is 0.232. The summed E-state index contributed by atoms with van der Waals surface area (Å²) in [6.45, 7) is 5.03. The number of aryl methyl sites for hydroxylation is 1. The lowest BCUT2D eigenvalue weighted by Crippen LogP contribution is -2.29. The van der Waals surface area contributed by atoms with Crippen molar-refractivity contribution in [3.63, 3.8) is 0 Å². The summed E-state index contributed by atoms with van der Waals surface area (Å²) in [5, 5.41) is 0.714. The van der Waals surface area contributed by atoms with Crippen molar-refractivity contribution >= 4 is 11.6 Å². The van der Waals surface area contributed by atoms with Crippen molar-refractivity contribution in [1.29, 1.82) is 0 Å². The van der Waals surface area contributed by atoms with E-state index < -0.39 is 0 Å². The van der Waals surface area contributed by atoms with Crippen molar-refractivity contribution < 1.29 is 14.2 Å². The predicted molar refractivity (Wildman–Crippen MR) is 102 cm³/mol. The van der Waals surface area contributed by atoms with Crippen molar-refractivity contribution in [2.24, 2.45) is 5.92 Å². The van der Waals surface area contributed by atoms with Gasteiger partial charge >= 0.3 is 0 Å². The zero-order valence-corrected chi connectivity index (χ0v) is 15.7. The number of rotatable bonds is 7. The lowest BCUT2D eigenvalue weighted by molar-refractivity contribution is -0.0891. The molecule has 5 heteroatoms. The minimum Gasteiger partial charge on any atom is -0.489 e. The molecule has 4 nitrogen and oxygen atoms in total. The van der Waals surface area contributed by atoms with Gasteiger partial charge in [-0.25, -0.2) is 0 Å². The lowest BCUT2D eigenvalue weighted by Gasteiger charge is -2.19. The van der Waals surface area contributed by atoms with Crippen LogP contribution in [0.2, 0.25) is 5.02 Å². The molecule has 2 saturated heterocycles. The molecular weight excluding hydrogens is 350 g/mol. The van der Waals surface area contributed by atoms with E-state index >= 15 is 0 Å². The van der Waals surface area contributed by atoms with Crippen LogP contribution in [0.3, 0.4) is 0 Å². The van der Waals surface area contributed by atoms with E-state index in [0.717, 1.165) is 35.7 Å². The fourth-order valence-electron chi connectivity index (χ4n) is 3.83. The first-order valence-electron chi connectivity index (χ1n) is 9.15. The van der Waals surface area contributed by atoms with Crippen LogP contribution < -0.4 is 9.47 Å². The average Bonchev–Trinajstić information content (AvgIpc) is 3.20. The van der Waals surface area contributed by atoms with Gasteiger partial charge in [-0.3, -0.25) is 4.90 Å². The Labute approximate surface area is 159 Å². The van der Waals surface area contributed by atoms with E-state index in [2.05, 4.69) is 4.90 Å². The van der Waals surface area contributed by atoms with Crippen LogP contribution in [-0.2, 0) is 11.3 Å². The van der Waals surface area contributed by atoms with Gasteiger partial charge in [-0.05, 0) is 43.5 Å². The fraction of sp³-hybridized carbons (Fsp3) is 0.429. The zero-order chi connectivity index (χ0) is 17.9. The monoisotopic (exact) mass is 373 g/mol. The van der Waals surface area contributed by atoms with E-state index in [0.29, 0.717) is 17.5 Å². The highest BCUT2D eigenvalue weighted by atomic mass is 35.5. The molecule has 2 bridgehead atoms. The second-order valence-corrected chi connectivity index (χ2v) is 7.46. The summed E-state index contributed by atoms with van der Waals surface area (Å²) >= 11 is 6.19. The fourth-order valence-corrected chi connectivity index (χ4v) is 4.02. The predicted octanol–water partition coefficient (Wildman–Crippen LogP) is 4.63. The van der Waals surface area contributed by atoms with E-state index in [1.165, 1.54) is 12.8 Å². The molecule has 0 saturated carbocycles. The Morgan fingerprint density at radius 3 is 2.46 bits per heavy atom. The van der Waals surface area contributed by atoms with Gasteiger partial charge in [0.2, 0.25) is 0 Å². The number of halogens is 1. The third-order valence-electron chi connectivity index (χ3n) is 5.18. The molecule has 0 spiro atoms. The van der Waals surface area contributed by atoms with Crippen LogP contribution in [0.25, 0.3) is 0 Å². The first-order valence-corrected chi connectivity index (χ1v) is 9.53. The molecule has 0 aromatic heterocycles. The quantitative estimate of drug-likeness (QED) is 0.662. The summed E-state index contributed by atoms with van der Waals surface area (Å²) in [5.74, 6) is 2.20. The van der Waals surface area contributed by atoms with Gasteiger partial charge in [-0.2, -0.15) is 0 Å². The van der Waals surface area contributed by atoms with Crippen molar-refractivity contribution in [1.82, 2.24) is 4.90 Å². The smallest absolute Gasteiger partial charge is 0.190 e. The summed E-state index contributed by atoms with van der Waals surface area (Å²) in [5.41, 5.74) is 2.05. The maximum absolute atomic E-state index is 6.19. The summed E-state index contributed by atoms with van der Waals surface area (Å²) in [4.78, 5) is 2.41. The molecule has 0 amide bonds. The SMILES string of the molecule is Cc1cc(OCOC2C3CCN2CC3)cc(OCc2ccccc2Cl)c1. The van der Waals surface area contributed by atoms with E-state index in [1.54, 1.807) is 0 Å². The largest absolute Gasteiger partial charge is 0.489 e. The number of nitrogens with zero attached hydrogens (tertiary/aromatic N) is 1. The number of hydrogen-bond acceptors (Lipinski definition) is 4. The lowest BCUT2D eigenvalue weighted by atomic mass is 10.1.